The van der Waals surface area contributed by atoms with E-state index < -0.39 is 4.92 Å². The molecule has 0 radical (unpaired) electrons. The van der Waals surface area contributed by atoms with Crippen LogP contribution in [0.4, 0.5) is 5.69 Å². The van der Waals surface area contributed by atoms with Gasteiger partial charge in [0, 0.05) is 19.3 Å². The minimum absolute atomic E-state index is 0.152. The van der Waals surface area contributed by atoms with Gasteiger partial charge in [-0.15, -0.1) is 0 Å². The molecule has 0 spiro atoms. The smallest absolute Gasteiger partial charge is 0.331 e. The standard InChI is InChI=1S/C16H16ClN5O2/c1-11-19-13(15(22(23)24)16(17)20-11)10-14(21-8-4-5-9-21)12-6-2-3-7-18-12/h2-3,6-7,10H,4-5,8-9H2,1H3/b14-10-. The van der Waals surface area contributed by atoms with Crippen molar-refractivity contribution in [3.8, 4) is 0 Å². The summed E-state index contributed by atoms with van der Waals surface area (Å²) in [7, 11) is 0. The van der Waals surface area contributed by atoms with E-state index >= 15 is 0 Å². The highest BCUT2D eigenvalue weighted by Crippen LogP contribution is 2.31. The largest absolute Gasteiger partial charge is 0.370 e. The van der Waals surface area contributed by atoms with Crippen molar-refractivity contribution in [2.75, 3.05) is 13.1 Å². The molecule has 1 aliphatic rings. The number of nitrogens with zero attached hydrogens (tertiary/aromatic N) is 5. The number of hydrogen-bond acceptors (Lipinski definition) is 6. The lowest BCUT2D eigenvalue weighted by atomic mass is 10.2. The number of nitro groups is 1. The van der Waals surface area contributed by atoms with Gasteiger partial charge in [-0.2, -0.15) is 0 Å². The normalized spacial score (nSPS) is 14.9. The fraction of sp³-hybridized carbons (Fsp3) is 0.312. The van der Waals surface area contributed by atoms with E-state index in [0.29, 0.717) is 5.82 Å². The molecule has 0 bridgehead atoms. The summed E-state index contributed by atoms with van der Waals surface area (Å²) in [5.74, 6) is 0.388. The first kappa shape index (κ1) is 16.3. The average Bonchev–Trinajstić information content (AvgIpc) is 3.06. The maximum atomic E-state index is 11.4. The second-order valence-electron chi connectivity index (χ2n) is 5.49. The van der Waals surface area contributed by atoms with Crippen molar-refractivity contribution >= 4 is 29.1 Å². The second-order valence-corrected chi connectivity index (χ2v) is 5.85. The number of hydrogen-bond donors (Lipinski definition) is 0. The van der Waals surface area contributed by atoms with E-state index in [1.807, 2.05) is 18.2 Å². The Morgan fingerprint density at radius 2 is 2.08 bits per heavy atom. The number of likely N-dealkylation sites (tertiary alicyclic amines) is 1. The maximum absolute atomic E-state index is 11.4. The highest BCUT2D eigenvalue weighted by Gasteiger charge is 2.24. The third kappa shape index (κ3) is 3.35. The molecule has 1 fully saturated rings. The summed E-state index contributed by atoms with van der Waals surface area (Å²) in [6, 6.07) is 5.60. The zero-order valence-corrected chi connectivity index (χ0v) is 13.9. The molecule has 0 aromatic carbocycles. The van der Waals surface area contributed by atoms with Gasteiger partial charge < -0.3 is 4.90 Å². The first-order valence-electron chi connectivity index (χ1n) is 7.63. The third-order valence-corrected chi connectivity index (χ3v) is 4.07. The van der Waals surface area contributed by atoms with E-state index in [0.717, 1.165) is 37.3 Å². The predicted octanol–water partition coefficient (Wildman–Crippen LogP) is 3.34. The molecular weight excluding hydrogens is 330 g/mol. The van der Waals surface area contributed by atoms with Crippen molar-refractivity contribution < 1.29 is 4.92 Å². The third-order valence-electron chi connectivity index (χ3n) is 3.81. The predicted molar refractivity (Wildman–Crippen MR) is 91.3 cm³/mol. The molecule has 24 heavy (non-hydrogen) atoms. The van der Waals surface area contributed by atoms with Gasteiger partial charge in [0.1, 0.15) is 11.5 Å². The lowest BCUT2D eigenvalue weighted by Crippen LogP contribution is -2.18. The molecule has 2 aromatic rings. The second kappa shape index (κ2) is 6.92. The van der Waals surface area contributed by atoms with Gasteiger partial charge in [0.2, 0.25) is 5.15 Å². The van der Waals surface area contributed by atoms with Gasteiger partial charge in [-0.25, -0.2) is 9.97 Å². The van der Waals surface area contributed by atoms with Crippen LogP contribution in [0.25, 0.3) is 11.8 Å². The lowest BCUT2D eigenvalue weighted by molar-refractivity contribution is -0.385. The van der Waals surface area contributed by atoms with Crippen LogP contribution in [0.2, 0.25) is 5.15 Å². The Morgan fingerprint density at radius 3 is 2.71 bits per heavy atom. The van der Waals surface area contributed by atoms with Crippen molar-refractivity contribution in [3.05, 3.63) is 56.9 Å². The average molecular weight is 346 g/mol. The maximum Gasteiger partial charge on any atom is 0.331 e. The van der Waals surface area contributed by atoms with Crippen LogP contribution in [0.3, 0.4) is 0 Å². The van der Waals surface area contributed by atoms with Crippen molar-refractivity contribution in [2.24, 2.45) is 0 Å². The number of pyridine rings is 1. The minimum Gasteiger partial charge on any atom is -0.370 e. The van der Waals surface area contributed by atoms with Crippen LogP contribution in [0.15, 0.2) is 24.4 Å². The molecule has 0 aliphatic carbocycles. The van der Waals surface area contributed by atoms with Crippen molar-refractivity contribution in [3.63, 3.8) is 0 Å². The van der Waals surface area contributed by atoms with Crippen LogP contribution in [0.5, 0.6) is 0 Å². The first-order chi connectivity index (χ1) is 11.6. The zero-order chi connectivity index (χ0) is 17.1. The van der Waals surface area contributed by atoms with Gasteiger partial charge >= 0.3 is 5.69 Å². The highest BCUT2D eigenvalue weighted by molar-refractivity contribution is 6.31. The highest BCUT2D eigenvalue weighted by atomic mass is 35.5. The van der Waals surface area contributed by atoms with Gasteiger partial charge in [0.15, 0.2) is 0 Å². The van der Waals surface area contributed by atoms with Crippen LogP contribution in [0, 0.1) is 17.0 Å². The summed E-state index contributed by atoms with van der Waals surface area (Å²) >= 11 is 5.97. The van der Waals surface area contributed by atoms with Gasteiger partial charge in [0.25, 0.3) is 0 Å². The van der Waals surface area contributed by atoms with Crippen molar-refractivity contribution in [2.45, 2.75) is 19.8 Å². The molecular formula is C16H16ClN5O2. The van der Waals surface area contributed by atoms with Gasteiger partial charge in [0.05, 0.1) is 16.3 Å². The molecule has 1 saturated heterocycles. The van der Waals surface area contributed by atoms with Crippen LogP contribution in [-0.2, 0) is 0 Å². The molecule has 2 aromatic heterocycles. The monoisotopic (exact) mass is 345 g/mol. The van der Waals surface area contributed by atoms with E-state index in [4.69, 9.17) is 11.6 Å². The van der Waals surface area contributed by atoms with E-state index in [9.17, 15) is 10.1 Å². The topological polar surface area (TPSA) is 85.0 Å². The van der Waals surface area contributed by atoms with Crippen LogP contribution < -0.4 is 0 Å². The molecule has 7 nitrogen and oxygen atoms in total. The molecule has 3 rings (SSSR count). The summed E-state index contributed by atoms with van der Waals surface area (Å²) in [4.78, 5) is 25.5. The number of rotatable bonds is 4. The molecule has 124 valence electrons. The molecule has 1 aliphatic heterocycles. The van der Waals surface area contributed by atoms with Crippen molar-refractivity contribution in [1.82, 2.24) is 19.9 Å². The van der Waals surface area contributed by atoms with Gasteiger partial charge in [-0.1, -0.05) is 17.7 Å². The van der Waals surface area contributed by atoms with E-state index in [-0.39, 0.29) is 16.5 Å². The Balaban J connectivity index is 2.16. The molecule has 0 saturated carbocycles. The molecule has 0 amide bonds. The number of aryl methyl sites for hydroxylation is 1. The molecule has 0 atom stereocenters. The summed E-state index contributed by atoms with van der Waals surface area (Å²) in [6.45, 7) is 3.42. The fourth-order valence-electron chi connectivity index (χ4n) is 2.75. The van der Waals surface area contributed by atoms with Crippen LogP contribution >= 0.6 is 11.6 Å². The summed E-state index contributed by atoms with van der Waals surface area (Å²) in [5.41, 5.74) is 1.48. The Morgan fingerprint density at radius 1 is 1.33 bits per heavy atom. The van der Waals surface area contributed by atoms with Crippen molar-refractivity contribution in [1.29, 1.82) is 0 Å². The lowest BCUT2D eigenvalue weighted by Gasteiger charge is -2.21. The first-order valence-corrected chi connectivity index (χ1v) is 8.00. The minimum atomic E-state index is -0.548. The summed E-state index contributed by atoms with van der Waals surface area (Å²) in [6.07, 6.45) is 5.55. The Kier molecular flexibility index (Phi) is 4.71. The number of aromatic nitrogens is 3. The molecule has 0 unspecified atom stereocenters. The van der Waals surface area contributed by atoms with Crippen LogP contribution in [0.1, 0.15) is 30.1 Å². The SMILES string of the molecule is Cc1nc(Cl)c([N+](=O)[O-])c(/C=C(/c2ccccn2)N2CCCC2)n1. The quantitative estimate of drug-likeness (QED) is 0.480. The number of halogens is 1. The fourth-order valence-corrected chi connectivity index (χ4v) is 3.04. The van der Waals surface area contributed by atoms with Crippen LogP contribution in [-0.4, -0.2) is 37.9 Å². The summed E-state index contributed by atoms with van der Waals surface area (Å²) < 4.78 is 0. The van der Waals surface area contributed by atoms with E-state index in [1.54, 1.807) is 19.2 Å². The summed E-state index contributed by atoms with van der Waals surface area (Å²) in [5, 5.41) is 11.2. The Hall–Kier alpha value is -2.54. The molecule has 0 N–H and O–H groups in total. The Bertz CT molecular complexity index is 789. The van der Waals surface area contributed by atoms with E-state index in [2.05, 4.69) is 19.9 Å². The van der Waals surface area contributed by atoms with Gasteiger partial charge in [-0.05, 0) is 38.0 Å². The van der Waals surface area contributed by atoms with E-state index in [1.165, 1.54) is 0 Å². The molecule has 3 heterocycles. The Labute approximate surface area is 144 Å². The van der Waals surface area contributed by atoms with Gasteiger partial charge in [-0.3, -0.25) is 15.1 Å². The molecule has 8 heteroatoms. The zero-order valence-electron chi connectivity index (χ0n) is 13.1.